The van der Waals surface area contributed by atoms with Crippen LogP contribution in [0, 0.1) is 0 Å². The smallest absolute Gasteiger partial charge is 0.250 e. The number of nitrogens with two attached hydrogens (primary N) is 2. The first-order valence-electron chi connectivity index (χ1n) is 10.6. The van der Waals surface area contributed by atoms with E-state index in [2.05, 4.69) is 15.5 Å². The second-order valence-corrected chi connectivity index (χ2v) is 7.93. The quantitative estimate of drug-likeness (QED) is 0.577. The van der Waals surface area contributed by atoms with Crippen LogP contribution < -0.4 is 27.0 Å². The number of primary amides is 1. The van der Waals surface area contributed by atoms with Crippen LogP contribution in [0.25, 0.3) is 0 Å². The van der Waals surface area contributed by atoms with Crippen molar-refractivity contribution in [1.29, 1.82) is 0 Å². The average molecular weight is 411 g/mol. The minimum absolute atomic E-state index is 0.137. The molecule has 1 aromatic carbocycles. The van der Waals surface area contributed by atoms with Crippen molar-refractivity contribution in [3.8, 4) is 0 Å². The van der Waals surface area contributed by atoms with E-state index in [1.165, 1.54) is 12.8 Å². The summed E-state index contributed by atoms with van der Waals surface area (Å²) >= 11 is 0. The first kappa shape index (κ1) is 20.4. The molecule has 1 saturated heterocycles. The minimum Gasteiger partial charge on any atom is -0.381 e. The number of carbonyl (C=O) groups is 1. The third-order valence-electron chi connectivity index (χ3n) is 5.79. The molecule has 30 heavy (non-hydrogen) atoms. The molecule has 8 nitrogen and oxygen atoms in total. The van der Waals surface area contributed by atoms with Gasteiger partial charge in [-0.15, -0.1) is 0 Å². The molecule has 6 N–H and O–H groups in total. The SMILES string of the molecule is NC(=O)c1ccc(N[C@H]2CCCC[C@H]2N)cc1Nc1cccc(N2CCOCC2)n1. The Bertz CT molecular complexity index is 884. The van der Waals surface area contributed by atoms with Crippen molar-refractivity contribution in [2.45, 2.75) is 37.8 Å². The molecule has 0 radical (unpaired) electrons. The summed E-state index contributed by atoms with van der Waals surface area (Å²) in [5.41, 5.74) is 13.9. The number of amides is 1. The normalized spacial score (nSPS) is 21.8. The van der Waals surface area contributed by atoms with Crippen molar-refractivity contribution in [2.75, 3.05) is 41.8 Å². The van der Waals surface area contributed by atoms with Crippen LogP contribution in [0.15, 0.2) is 36.4 Å². The lowest BCUT2D eigenvalue weighted by atomic mass is 9.91. The number of nitrogens with one attached hydrogen (secondary N) is 2. The van der Waals surface area contributed by atoms with Crippen molar-refractivity contribution in [2.24, 2.45) is 11.5 Å². The molecule has 8 heteroatoms. The highest BCUT2D eigenvalue weighted by atomic mass is 16.5. The summed E-state index contributed by atoms with van der Waals surface area (Å²) in [5.74, 6) is 1.06. The maximum Gasteiger partial charge on any atom is 0.250 e. The molecule has 0 bridgehead atoms. The van der Waals surface area contributed by atoms with Crippen LogP contribution in [0.2, 0.25) is 0 Å². The summed E-state index contributed by atoms with van der Waals surface area (Å²) in [6.07, 6.45) is 4.43. The van der Waals surface area contributed by atoms with Crippen LogP contribution in [-0.4, -0.2) is 49.3 Å². The van der Waals surface area contributed by atoms with Gasteiger partial charge in [-0.25, -0.2) is 4.98 Å². The summed E-state index contributed by atoms with van der Waals surface area (Å²) in [4.78, 5) is 18.9. The van der Waals surface area contributed by atoms with Gasteiger partial charge in [0.15, 0.2) is 0 Å². The van der Waals surface area contributed by atoms with Crippen molar-refractivity contribution < 1.29 is 9.53 Å². The van der Waals surface area contributed by atoms with Crippen molar-refractivity contribution >= 4 is 28.9 Å². The summed E-state index contributed by atoms with van der Waals surface area (Å²) in [6, 6.07) is 11.7. The van der Waals surface area contributed by atoms with Gasteiger partial charge in [0.2, 0.25) is 0 Å². The number of pyridine rings is 1. The van der Waals surface area contributed by atoms with Crippen LogP contribution in [0.3, 0.4) is 0 Å². The number of benzene rings is 1. The number of nitrogens with zero attached hydrogens (tertiary/aromatic N) is 2. The number of carbonyl (C=O) groups excluding carboxylic acids is 1. The third-order valence-corrected chi connectivity index (χ3v) is 5.79. The first-order chi connectivity index (χ1) is 14.6. The van der Waals surface area contributed by atoms with E-state index in [0.717, 1.165) is 37.4 Å². The summed E-state index contributed by atoms with van der Waals surface area (Å²) in [7, 11) is 0. The van der Waals surface area contributed by atoms with Crippen LogP contribution in [0.1, 0.15) is 36.0 Å². The highest BCUT2D eigenvalue weighted by Gasteiger charge is 2.22. The van der Waals surface area contributed by atoms with Gasteiger partial charge in [0.1, 0.15) is 11.6 Å². The zero-order valence-electron chi connectivity index (χ0n) is 17.1. The Balaban J connectivity index is 1.55. The number of hydrogen-bond donors (Lipinski definition) is 4. The number of ether oxygens (including phenoxy) is 1. The Morgan fingerprint density at radius 3 is 2.70 bits per heavy atom. The highest BCUT2D eigenvalue weighted by molar-refractivity contribution is 5.99. The lowest BCUT2D eigenvalue weighted by molar-refractivity contribution is 0.100. The zero-order chi connectivity index (χ0) is 20.9. The van der Waals surface area contributed by atoms with Gasteiger partial charge in [-0.1, -0.05) is 18.9 Å². The molecule has 1 aliphatic heterocycles. The third kappa shape index (κ3) is 4.83. The molecule has 1 aromatic heterocycles. The molecule has 1 saturated carbocycles. The molecule has 2 atom stereocenters. The van der Waals surface area contributed by atoms with Gasteiger partial charge in [-0.05, 0) is 43.2 Å². The Labute approximate surface area is 177 Å². The van der Waals surface area contributed by atoms with Gasteiger partial charge in [0.05, 0.1) is 24.5 Å². The minimum atomic E-state index is -0.484. The van der Waals surface area contributed by atoms with E-state index in [1.54, 1.807) is 6.07 Å². The van der Waals surface area contributed by atoms with Crippen LogP contribution in [0.5, 0.6) is 0 Å². The Morgan fingerprint density at radius 1 is 1.13 bits per heavy atom. The van der Waals surface area contributed by atoms with Crippen molar-refractivity contribution in [3.63, 3.8) is 0 Å². The zero-order valence-corrected chi connectivity index (χ0v) is 17.1. The molecule has 1 amide bonds. The molecular formula is C22H30N6O2. The standard InChI is InChI=1S/C22H30N6O2/c23-17-4-1-2-5-18(17)25-15-8-9-16(22(24)29)19(14-15)26-20-6-3-7-21(27-20)28-10-12-30-13-11-28/h3,6-9,14,17-18,25H,1-2,4-5,10-13,23H2,(H2,24,29)(H,26,27)/t17-,18+/m1/s1. The predicted octanol–water partition coefficient (Wildman–Crippen LogP) is 2.44. The lowest BCUT2D eigenvalue weighted by Gasteiger charge is -2.30. The van der Waals surface area contributed by atoms with E-state index in [1.807, 2.05) is 30.3 Å². The van der Waals surface area contributed by atoms with E-state index >= 15 is 0 Å². The molecular weight excluding hydrogens is 380 g/mol. The largest absolute Gasteiger partial charge is 0.381 e. The Morgan fingerprint density at radius 2 is 1.93 bits per heavy atom. The fourth-order valence-corrected chi connectivity index (χ4v) is 4.10. The molecule has 2 fully saturated rings. The summed E-state index contributed by atoms with van der Waals surface area (Å²) < 4.78 is 5.42. The van der Waals surface area contributed by atoms with Gasteiger partial charge in [-0.3, -0.25) is 4.79 Å². The van der Waals surface area contributed by atoms with Crippen LogP contribution in [0.4, 0.5) is 23.0 Å². The first-order valence-corrected chi connectivity index (χ1v) is 10.6. The Kier molecular flexibility index (Phi) is 6.35. The predicted molar refractivity (Wildman–Crippen MR) is 119 cm³/mol. The average Bonchev–Trinajstić information content (AvgIpc) is 2.76. The molecule has 2 heterocycles. The van der Waals surface area contributed by atoms with Gasteiger partial charge < -0.3 is 31.7 Å². The number of aromatic nitrogens is 1. The van der Waals surface area contributed by atoms with E-state index in [9.17, 15) is 4.79 Å². The second kappa shape index (κ2) is 9.32. The van der Waals surface area contributed by atoms with Crippen molar-refractivity contribution in [3.05, 3.63) is 42.0 Å². The summed E-state index contributed by atoms with van der Waals surface area (Å²) in [6.45, 7) is 3.01. The maximum atomic E-state index is 12.0. The molecule has 2 aromatic rings. The summed E-state index contributed by atoms with van der Waals surface area (Å²) in [5, 5.41) is 6.81. The number of morpholine rings is 1. The number of hydrogen-bond acceptors (Lipinski definition) is 7. The van der Waals surface area contributed by atoms with Crippen molar-refractivity contribution in [1.82, 2.24) is 4.98 Å². The van der Waals surface area contributed by atoms with Gasteiger partial charge >= 0.3 is 0 Å². The number of rotatable bonds is 6. The van der Waals surface area contributed by atoms with E-state index < -0.39 is 5.91 Å². The molecule has 2 aliphatic rings. The van der Waals surface area contributed by atoms with E-state index in [-0.39, 0.29) is 12.1 Å². The molecule has 1 aliphatic carbocycles. The highest BCUT2D eigenvalue weighted by Crippen LogP contribution is 2.27. The topological polar surface area (TPSA) is 119 Å². The molecule has 160 valence electrons. The molecule has 0 spiro atoms. The Hall–Kier alpha value is -2.84. The van der Waals surface area contributed by atoms with Gasteiger partial charge in [-0.2, -0.15) is 0 Å². The van der Waals surface area contributed by atoms with Crippen LogP contribution in [-0.2, 0) is 4.74 Å². The fourth-order valence-electron chi connectivity index (χ4n) is 4.10. The van der Waals surface area contributed by atoms with Gasteiger partial charge in [0.25, 0.3) is 5.91 Å². The monoisotopic (exact) mass is 410 g/mol. The fraction of sp³-hybridized carbons (Fsp3) is 0.455. The maximum absolute atomic E-state index is 12.0. The van der Waals surface area contributed by atoms with Crippen LogP contribution >= 0.6 is 0 Å². The van der Waals surface area contributed by atoms with Gasteiger partial charge in [0, 0.05) is 30.9 Å². The lowest BCUT2D eigenvalue weighted by Crippen LogP contribution is -2.42. The molecule has 0 unspecified atom stereocenters. The molecule has 4 rings (SSSR count). The van der Waals surface area contributed by atoms with E-state index in [4.69, 9.17) is 21.2 Å². The number of anilines is 4. The van der Waals surface area contributed by atoms with E-state index in [0.29, 0.717) is 30.3 Å². The second-order valence-electron chi connectivity index (χ2n) is 7.93.